The van der Waals surface area contributed by atoms with Crippen molar-refractivity contribution in [2.45, 2.75) is 13.0 Å². The molecule has 8 nitrogen and oxygen atoms in total. The van der Waals surface area contributed by atoms with E-state index in [1.54, 1.807) is 39.5 Å². The monoisotopic (exact) mass is 487 g/mol. The van der Waals surface area contributed by atoms with Crippen LogP contribution in [0.3, 0.4) is 0 Å². The van der Waals surface area contributed by atoms with Gasteiger partial charge in [0.15, 0.2) is 5.75 Å². The number of methoxy groups -OCH3 is 3. The fraction of sp³-hybridized carbons (Fsp3) is 0.286. The molecule has 36 heavy (non-hydrogen) atoms. The van der Waals surface area contributed by atoms with Crippen molar-refractivity contribution >= 4 is 17.4 Å². The van der Waals surface area contributed by atoms with Crippen LogP contribution >= 0.6 is 0 Å². The molecule has 2 aliphatic heterocycles. The molecule has 0 aliphatic carbocycles. The smallest absolute Gasteiger partial charge is 0.254 e. The Morgan fingerprint density at radius 1 is 0.889 bits per heavy atom. The normalized spacial score (nSPS) is 16.7. The summed E-state index contributed by atoms with van der Waals surface area (Å²) in [5.74, 6) is 4.06. The molecular weight excluding hydrogens is 458 g/mol. The standard InChI is InChI=1S/C28H29N3O5/c1-18-17-30(11-12-31(18)28(32)19-13-21(34-3)15-22(14-19)35-4)27-23-16-20(33-2)9-10-25(23)36-26-8-6-5-7-24(26)29-27/h5-10,13-16,18H,11-12,17H2,1-4H3/t18-/m0/s1. The number of carbonyl (C=O) groups is 1. The predicted octanol–water partition coefficient (Wildman–Crippen LogP) is 4.74. The molecule has 5 rings (SSSR count). The van der Waals surface area contributed by atoms with Crippen LogP contribution in [0.4, 0.5) is 5.69 Å². The number of piperazine rings is 1. The van der Waals surface area contributed by atoms with E-state index in [0.717, 1.165) is 22.8 Å². The van der Waals surface area contributed by atoms with E-state index >= 15 is 0 Å². The van der Waals surface area contributed by atoms with Gasteiger partial charge < -0.3 is 28.7 Å². The minimum absolute atomic E-state index is 0.0559. The lowest BCUT2D eigenvalue weighted by atomic mass is 10.1. The maximum Gasteiger partial charge on any atom is 0.254 e. The number of rotatable bonds is 4. The van der Waals surface area contributed by atoms with Gasteiger partial charge in [0.05, 0.1) is 26.9 Å². The highest BCUT2D eigenvalue weighted by Crippen LogP contribution is 2.39. The molecule has 2 aliphatic rings. The van der Waals surface area contributed by atoms with Gasteiger partial charge in [0.1, 0.15) is 34.5 Å². The van der Waals surface area contributed by atoms with Gasteiger partial charge in [-0.1, -0.05) is 12.1 Å². The molecule has 3 aromatic rings. The molecule has 1 amide bonds. The summed E-state index contributed by atoms with van der Waals surface area (Å²) in [6.07, 6.45) is 0. The first-order valence-corrected chi connectivity index (χ1v) is 11.8. The third kappa shape index (κ3) is 4.42. The van der Waals surface area contributed by atoms with Crippen LogP contribution in [0.2, 0.25) is 0 Å². The van der Waals surface area contributed by atoms with Crippen molar-refractivity contribution in [3.8, 4) is 28.7 Å². The number of amidine groups is 1. The number of benzene rings is 3. The number of hydrogen-bond donors (Lipinski definition) is 0. The Hall–Kier alpha value is -4.20. The number of ether oxygens (including phenoxy) is 4. The second-order valence-electron chi connectivity index (χ2n) is 8.76. The highest BCUT2D eigenvalue weighted by molar-refractivity contribution is 6.04. The molecule has 0 spiro atoms. The summed E-state index contributed by atoms with van der Waals surface area (Å²) in [5.41, 5.74) is 2.16. The van der Waals surface area contributed by atoms with Crippen LogP contribution in [0.25, 0.3) is 0 Å². The lowest BCUT2D eigenvalue weighted by Gasteiger charge is -2.41. The van der Waals surface area contributed by atoms with E-state index in [0.29, 0.717) is 48.2 Å². The first-order chi connectivity index (χ1) is 17.5. The Balaban J connectivity index is 1.45. The summed E-state index contributed by atoms with van der Waals surface area (Å²) in [5, 5.41) is 0. The van der Waals surface area contributed by atoms with Gasteiger partial charge >= 0.3 is 0 Å². The Morgan fingerprint density at radius 2 is 1.61 bits per heavy atom. The van der Waals surface area contributed by atoms with Crippen LogP contribution in [-0.4, -0.2) is 68.5 Å². The van der Waals surface area contributed by atoms with E-state index in [4.69, 9.17) is 23.9 Å². The van der Waals surface area contributed by atoms with Crippen LogP contribution in [-0.2, 0) is 0 Å². The zero-order valence-corrected chi connectivity index (χ0v) is 20.9. The van der Waals surface area contributed by atoms with E-state index in [1.165, 1.54) is 0 Å². The summed E-state index contributed by atoms with van der Waals surface area (Å²) in [6, 6.07) is 18.7. The topological polar surface area (TPSA) is 72.8 Å². The number of nitrogens with zero attached hydrogens (tertiary/aromatic N) is 3. The summed E-state index contributed by atoms with van der Waals surface area (Å²) in [6.45, 7) is 3.83. The SMILES string of the molecule is COc1cc(OC)cc(C(=O)N2CCN(C3=Nc4ccccc4Oc4ccc(OC)cc43)C[C@@H]2C)c1. The van der Waals surface area contributed by atoms with Crippen molar-refractivity contribution in [3.05, 3.63) is 71.8 Å². The Labute approximate surface area is 210 Å². The number of carbonyl (C=O) groups excluding carboxylic acids is 1. The van der Waals surface area contributed by atoms with Crippen molar-refractivity contribution in [2.75, 3.05) is 41.0 Å². The van der Waals surface area contributed by atoms with Gasteiger partial charge in [-0.05, 0) is 49.4 Å². The van der Waals surface area contributed by atoms with Gasteiger partial charge in [0, 0.05) is 37.3 Å². The van der Waals surface area contributed by atoms with Crippen molar-refractivity contribution in [2.24, 2.45) is 4.99 Å². The van der Waals surface area contributed by atoms with E-state index in [-0.39, 0.29) is 11.9 Å². The fourth-order valence-electron chi connectivity index (χ4n) is 4.62. The molecule has 3 aromatic carbocycles. The first-order valence-electron chi connectivity index (χ1n) is 11.8. The average molecular weight is 488 g/mol. The molecule has 0 bridgehead atoms. The third-order valence-corrected chi connectivity index (χ3v) is 6.53. The Kier molecular flexibility index (Phi) is 6.41. The zero-order valence-electron chi connectivity index (χ0n) is 20.9. The van der Waals surface area contributed by atoms with E-state index in [2.05, 4.69) is 11.8 Å². The molecule has 186 valence electrons. The predicted molar refractivity (Wildman–Crippen MR) is 137 cm³/mol. The molecule has 1 atom stereocenters. The highest BCUT2D eigenvalue weighted by Gasteiger charge is 2.32. The highest BCUT2D eigenvalue weighted by atomic mass is 16.5. The van der Waals surface area contributed by atoms with Crippen LogP contribution in [0, 0.1) is 0 Å². The largest absolute Gasteiger partial charge is 0.497 e. The number of amides is 1. The van der Waals surface area contributed by atoms with Crippen LogP contribution in [0.5, 0.6) is 28.7 Å². The number of para-hydroxylation sites is 2. The minimum atomic E-state index is -0.0575. The van der Waals surface area contributed by atoms with E-state index in [1.807, 2.05) is 47.4 Å². The molecule has 1 saturated heterocycles. The number of hydrogen-bond acceptors (Lipinski definition) is 7. The van der Waals surface area contributed by atoms with Crippen LogP contribution in [0.15, 0.2) is 65.7 Å². The molecule has 0 saturated carbocycles. The second-order valence-corrected chi connectivity index (χ2v) is 8.76. The summed E-state index contributed by atoms with van der Waals surface area (Å²) in [7, 11) is 4.80. The molecule has 0 unspecified atom stereocenters. The molecule has 1 fully saturated rings. The number of fused-ring (bicyclic) bond motifs is 2. The van der Waals surface area contributed by atoms with E-state index in [9.17, 15) is 4.79 Å². The lowest BCUT2D eigenvalue weighted by molar-refractivity contribution is 0.0580. The zero-order chi connectivity index (χ0) is 25.2. The first kappa shape index (κ1) is 23.5. The maximum atomic E-state index is 13.5. The van der Waals surface area contributed by atoms with Gasteiger partial charge in [-0.2, -0.15) is 0 Å². The summed E-state index contributed by atoms with van der Waals surface area (Å²) >= 11 is 0. The van der Waals surface area contributed by atoms with Crippen molar-refractivity contribution in [1.82, 2.24) is 9.80 Å². The van der Waals surface area contributed by atoms with Crippen LogP contribution < -0.4 is 18.9 Å². The van der Waals surface area contributed by atoms with Gasteiger partial charge in [0.2, 0.25) is 0 Å². The molecule has 8 heteroatoms. The second kappa shape index (κ2) is 9.81. The van der Waals surface area contributed by atoms with Gasteiger partial charge in [0.25, 0.3) is 5.91 Å². The summed E-state index contributed by atoms with van der Waals surface area (Å²) in [4.78, 5) is 22.6. The molecular formula is C28H29N3O5. The fourth-order valence-corrected chi connectivity index (χ4v) is 4.62. The molecule has 0 aromatic heterocycles. The average Bonchev–Trinajstić information content (AvgIpc) is 3.08. The van der Waals surface area contributed by atoms with Gasteiger partial charge in [-0.15, -0.1) is 0 Å². The van der Waals surface area contributed by atoms with Crippen LogP contribution in [0.1, 0.15) is 22.8 Å². The third-order valence-electron chi connectivity index (χ3n) is 6.53. The van der Waals surface area contributed by atoms with Crippen molar-refractivity contribution in [1.29, 1.82) is 0 Å². The van der Waals surface area contributed by atoms with Crippen molar-refractivity contribution in [3.63, 3.8) is 0 Å². The molecule has 0 N–H and O–H groups in total. The van der Waals surface area contributed by atoms with Gasteiger partial charge in [-0.25, -0.2) is 4.99 Å². The quantitative estimate of drug-likeness (QED) is 0.529. The van der Waals surface area contributed by atoms with Crippen molar-refractivity contribution < 1.29 is 23.7 Å². The maximum absolute atomic E-state index is 13.5. The lowest BCUT2D eigenvalue weighted by Crippen LogP contribution is -2.55. The summed E-state index contributed by atoms with van der Waals surface area (Å²) < 4.78 is 22.4. The number of aliphatic imine (C=N–C) groups is 1. The Bertz CT molecular complexity index is 1300. The molecule has 0 radical (unpaired) electrons. The molecule has 2 heterocycles. The Morgan fingerprint density at radius 3 is 2.31 bits per heavy atom. The minimum Gasteiger partial charge on any atom is -0.497 e. The van der Waals surface area contributed by atoms with E-state index < -0.39 is 0 Å². The van der Waals surface area contributed by atoms with Gasteiger partial charge in [-0.3, -0.25) is 4.79 Å².